The van der Waals surface area contributed by atoms with Gasteiger partial charge < -0.3 is 10.6 Å². The Morgan fingerprint density at radius 2 is 1.75 bits per heavy atom. The molecule has 3 rings (SSSR count). The Kier molecular flexibility index (Phi) is 7.22. The molecule has 3 aromatic rings. The van der Waals surface area contributed by atoms with Gasteiger partial charge in [-0.2, -0.15) is 13.2 Å². The van der Waals surface area contributed by atoms with Crippen LogP contribution < -0.4 is 16.1 Å². The Balaban J connectivity index is 2.23. The largest absolute Gasteiger partial charge is 0.414 e. The van der Waals surface area contributed by atoms with E-state index in [0.29, 0.717) is 16.8 Å². The number of aromatic nitrogens is 2. The van der Waals surface area contributed by atoms with Gasteiger partial charge in [0.15, 0.2) is 11.7 Å². The molecule has 0 aliphatic rings. The van der Waals surface area contributed by atoms with Crippen molar-refractivity contribution in [1.29, 1.82) is 0 Å². The van der Waals surface area contributed by atoms with Crippen molar-refractivity contribution in [1.82, 2.24) is 14.9 Å². The number of pyridine rings is 2. The standard InChI is InChI=1S/C21H15F9N4O2/c1-20(26,27)19(21(28,29)30)33-18(36)11-8-34(13-4-2-9(22)6-12(13)23)17-10(16(11)35)3-5-15(32-17)31-7-14(24)25/h2-6,8,14,19H,7H2,1H3,(H,31,32)(H,33,36). The van der Waals surface area contributed by atoms with Crippen LogP contribution in [-0.2, 0) is 0 Å². The van der Waals surface area contributed by atoms with Crippen molar-refractivity contribution in [3.8, 4) is 5.69 Å². The Labute approximate surface area is 195 Å². The van der Waals surface area contributed by atoms with Gasteiger partial charge in [-0.15, -0.1) is 0 Å². The molecule has 15 heteroatoms. The Hall–Kier alpha value is -3.78. The predicted molar refractivity (Wildman–Crippen MR) is 110 cm³/mol. The first-order valence-corrected chi connectivity index (χ1v) is 9.89. The van der Waals surface area contributed by atoms with Crippen LogP contribution in [0.5, 0.6) is 0 Å². The zero-order valence-electron chi connectivity index (χ0n) is 17.9. The fraction of sp³-hybridized carbons (Fsp3) is 0.286. The highest BCUT2D eigenvalue weighted by Gasteiger charge is 2.54. The van der Waals surface area contributed by atoms with Crippen LogP contribution in [0.4, 0.5) is 45.3 Å². The monoisotopic (exact) mass is 526 g/mol. The summed E-state index contributed by atoms with van der Waals surface area (Å²) in [5.41, 5.74) is -3.36. The van der Waals surface area contributed by atoms with Gasteiger partial charge in [-0.3, -0.25) is 14.2 Å². The van der Waals surface area contributed by atoms with Crippen molar-refractivity contribution in [2.45, 2.75) is 31.5 Å². The Morgan fingerprint density at radius 1 is 1.08 bits per heavy atom. The smallest absolute Gasteiger partial charge is 0.364 e. The summed E-state index contributed by atoms with van der Waals surface area (Å²) in [6.07, 6.45) is -7.87. The topological polar surface area (TPSA) is 76.0 Å². The van der Waals surface area contributed by atoms with Gasteiger partial charge in [0.2, 0.25) is 5.43 Å². The molecule has 0 aliphatic heterocycles. The predicted octanol–water partition coefficient (Wildman–Crippen LogP) is 4.66. The molecule has 0 radical (unpaired) electrons. The van der Waals surface area contributed by atoms with Gasteiger partial charge >= 0.3 is 6.18 Å². The first-order chi connectivity index (χ1) is 16.6. The number of hydrogen-bond acceptors (Lipinski definition) is 4. The van der Waals surface area contributed by atoms with Crippen LogP contribution in [0.2, 0.25) is 0 Å². The molecule has 1 atom stereocenters. The van der Waals surface area contributed by atoms with E-state index in [0.717, 1.165) is 29.6 Å². The van der Waals surface area contributed by atoms with E-state index in [4.69, 9.17) is 0 Å². The highest BCUT2D eigenvalue weighted by atomic mass is 19.4. The summed E-state index contributed by atoms with van der Waals surface area (Å²) in [6, 6.07) is 0.354. The minimum absolute atomic E-state index is 0.0874. The molecule has 1 amide bonds. The molecular weight excluding hydrogens is 511 g/mol. The van der Waals surface area contributed by atoms with E-state index in [1.807, 2.05) is 0 Å². The van der Waals surface area contributed by atoms with Crippen LogP contribution in [0.15, 0.2) is 41.3 Å². The first kappa shape index (κ1) is 26.8. The molecular formula is C21H15F9N4O2. The minimum Gasteiger partial charge on any atom is -0.364 e. The summed E-state index contributed by atoms with van der Waals surface area (Å²) in [5.74, 6) is -8.84. The van der Waals surface area contributed by atoms with Crippen molar-refractivity contribution in [2.75, 3.05) is 11.9 Å². The fourth-order valence-corrected chi connectivity index (χ4v) is 3.21. The van der Waals surface area contributed by atoms with Crippen molar-refractivity contribution >= 4 is 22.8 Å². The molecule has 1 unspecified atom stereocenters. The number of carbonyl (C=O) groups is 1. The first-order valence-electron chi connectivity index (χ1n) is 9.89. The van der Waals surface area contributed by atoms with E-state index in [2.05, 4.69) is 10.3 Å². The molecule has 2 heterocycles. The van der Waals surface area contributed by atoms with Gasteiger partial charge in [-0.25, -0.2) is 31.3 Å². The number of hydrogen-bond donors (Lipinski definition) is 2. The van der Waals surface area contributed by atoms with Crippen LogP contribution in [0, 0.1) is 11.6 Å². The number of benzene rings is 1. The summed E-state index contributed by atoms with van der Waals surface area (Å²) in [5, 5.41) is 2.81. The third-order valence-corrected chi connectivity index (χ3v) is 4.81. The maximum absolute atomic E-state index is 14.5. The second-order valence-electron chi connectivity index (χ2n) is 7.58. The van der Waals surface area contributed by atoms with Crippen LogP contribution in [0.3, 0.4) is 0 Å². The van der Waals surface area contributed by atoms with Crippen LogP contribution in [-0.4, -0.2) is 46.6 Å². The number of fused-ring (bicyclic) bond motifs is 1. The average molecular weight is 526 g/mol. The summed E-state index contributed by atoms with van der Waals surface area (Å²) >= 11 is 0. The summed E-state index contributed by atoms with van der Waals surface area (Å²) in [7, 11) is 0. The molecule has 0 saturated heterocycles. The number of nitrogens with zero attached hydrogens (tertiary/aromatic N) is 2. The number of anilines is 1. The van der Waals surface area contributed by atoms with Gasteiger partial charge in [-0.1, -0.05) is 0 Å². The maximum atomic E-state index is 14.5. The molecule has 0 spiro atoms. The quantitative estimate of drug-likeness (QED) is 0.440. The number of rotatable bonds is 7. The second-order valence-corrected chi connectivity index (χ2v) is 7.58. The molecule has 1 aromatic carbocycles. The van der Waals surface area contributed by atoms with E-state index >= 15 is 0 Å². The van der Waals surface area contributed by atoms with E-state index in [1.165, 1.54) is 0 Å². The molecule has 194 valence electrons. The molecule has 0 saturated carbocycles. The number of nitrogens with one attached hydrogen (secondary N) is 2. The zero-order chi connectivity index (χ0) is 27.0. The maximum Gasteiger partial charge on any atom is 0.414 e. The molecule has 6 nitrogen and oxygen atoms in total. The summed E-state index contributed by atoms with van der Waals surface area (Å²) in [6.45, 7) is -0.950. The highest BCUT2D eigenvalue weighted by molar-refractivity contribution is 5.97. The Bertz CT molecular complexity index is 1340. The Morgan fingerprint density at radius 3 is 2.31 bits per heavy atom. The zero-order valence-corrected chi connectivity index (χ0v) is 17.9. The highest BCUT2D eigenvalue weighted by Crippen LogP contribution is 2.32. The lowest BCUT2D eigenvalue weighted by Gasteiger charge is -2.26. The van der Waals surface area contributed by atoms with Gasteiger partial charge in [0.25, 0.3) is 18.3 Å². The van der Waals surface area contributed by atoms with Crippen molar-refractivity contribution in [3.05, 3.63) is 63.9 Å². The van der Waals surface area contributed by atoms with Crippen LogP contribution in [0.1, 0.15) is 17.3 Å². The van der Waals surface area contributed by atoms with E-state index in [1.54, 1.807) is 0 Å². The van der Waals surface area contributed by atoms with Gasteiger partial charge in [0.1, 0.15) is 23.0 Å². The molecule has 2 N–H and O–H groups in total. The lowest BCUT2D eigenvalue weighted by molar-refractivity contribution is -0.206. The van der Waals surface area contributed by atoms with Gasteiger partial charge in [-0.05, 0) is 24.3 Å². The van der Waals surface area contributed by atoms with Crippen LogP contribution in [0.25, 0.3) is 16.7 Å². The van der Waals surface area contributed by atoms with E-state index in [9.17, 15) is 49.1 Å². The van der Waals surface area contributed by atoms with Crippen molar-refractivity contribution in [2.24, 2.45) is 0 Å². The average Bonchev–Trinajstić information content (AvgIpc) is 2.75. The molecule has 0 fully saturated rings. The lowest BCUT2D eigenvalue weighted by atomic mass is 10.1. The molecule has 2 aromatic heterocycles. The number of halogens is 9. The molecule has 0 aliphatic carbocycles. The van der Waals surface area contributed by atoms with E-state index in [-0.39, 0.29) is 12.7 Å². The third kappa shape index (κ3) is 5.71. The summed E-state index contributed by atoms with van der Waals surface area (Å²) < 4.78 is 120. The normalized spacial score (nSPS) is 13.2. The number of alkyl halides is 7. The third-order valence-electron chi connectivity index (χ3n) is 4.81. The summed E-state index contributed by atoms with van der Waals surface area (Å²) in [4.78, 5) is 29.3. The fourth-order valence-electron chi connectivity index (χ4n) is 3.21. The lowest BCUT2D eigenvalue weighted by Crippen LogP contribution is -2.55. The minimum atomic E-state index is -5.60. The second kappa shape index (κ2) is 9.70. The van der Waals surface area contributed by atoms with Crippen LogP contribution >= 0.6 is 0 Å². The van der Waals surface area contributed by atoms with Gasteiger partial charge in [0, 0.05) is 19.2 Å². The van der Waals surface area contributed by atoms with E-state index < -0.39 is 76.4 Å². The molecule has 36 heavy (non-hydrogen) atoms. The van der Waals surface area contributed by atoms with Gasteiger partial charge in [0.05, 0.1) is 17.6 Å². The van der Waals surface area contributed by atoms with Crippen molar-refractivity contribution in [3.63, 3.8) is 0 Å². The molecule has 0 bridgehead atoms. The SMILES string of the molecule is CC(F)(F)C(NC(=O)c1cn(-c2ccc(F)cc2F)c2nc(NCC(F)F)ccc2c1=O)C(F)(F)F. The number of carbonyl (C=O) groups excluding carboxylic acids is 1. The number of amides is 1. The van der Waals surface area contributed by atoms with Crippen molar-refractivity contribution < 1.29 is 44.3 Å².